The summed E-state index contributed by atoms with van der Waals surface area (Å²) in [5.74, 6) is 0. The maximum atomic E-state index is 9.81. The smallest absolute Gasteiger partial charge is 0.0897 e. The van der Waals surface area contributed by atoms with Crippen LogP contribution in [0, 0.1) is 5.41 Å². The molecule has 0 aliphatic rings. The molecule has 0 aliphatic heterocycles. The summed E-state index contributed by atoms with van der Waals surface area (Å²) in [5.41, 5.74) is 0.206. The van der Waals surface area contributed by atoms with Crippen LogP contribution < -0.4 is 5.32 Å². The maximum absolute atomic E-state index is 9.81. The summed E-state index contributed by atoms with van der Waals surface area (Å²) in [4.78, 5) is 1.19. The molecule has 0 bridgehead atoms. The predicted molar refractivity (Wildman–Crippen MR) is 76.9 cm³/mol. The van der Waals surface area contributed by atoms with Gasteiger partial charge in [-0.2, -0.15) is 0 Å². The summed E-state index contributed by atoms with van der Waals surface area (Å²) in [7, 11) is 0. The predicted octanol–water partition coefficient (Wildman–Crippen LogP) is 2.65. The SMILES string of the molecule is CC(NCC(O)COCc1cccs1)C(C)(C)C. The molecule has 2 atom stereocenters. The second-order valence-corrected chi connectivity index (χ2v) is 6.78. The summed E-state index contributed by atoms with van der Waals surface area (Å²) in [5, 5.41) is 15.2. The Labute approximate surface area is 114 Å². The van der Waals surface area contributed by atoms with Gasteiger partial charge >= 0.3 is 0 Å². The van der Waals surface area contributed by atoms with Gasteiger partial charge in [0.2, 0.25) is 0 Å². The van der Waals surface area contributed by atoms with Gasteiger partial charge in [-0.3, -0.25) is 0 Å². The highest BCUT2D eigenvalue weighted by Crippen LogP contribution is 2.18. The lowest BCUT2D eigenvalue weighted by Crippen LogP contribution is -2.42. The van der Waals surface area contributed by atoms with E-state index in [4.69, 9.17) is 4.74 Å². The lowest BCUT2D eigenvalue weighted by Gasteiger charge is -2.29. The highest BCUT2D eigenvalue weighted by atomic mass is 32.1. The molecule has 18 heavy (non-hydrogen) atoms. The zero-order valence-electron chi connectivity index (χ0n) is 11.8. The topological polar surface area (TPSA) is 41.5 Å². The molecule has 1 heterocycles. The van der Waals surface area contributed by atoms with Gasteiger partial charge in [-0.05, 0) is 23.8 Å². The van der Waals surface area contributed by atoms with Gasteiger partial charge in [0.05, 0.1) is 19.3 Å². The first-order valence-electron chi connectivity index (χ1n) is 6.41. The molecule has 1 rings (SSSR count). The number of ether oxygens (including phenoxy) is 1. The Hall–Kier alpha value is -0.420. The van der Waals surface area contributed by atoms with Gasteiger partial charge in [0.25, 0.3) is 0 Å². The van der Waals surface area contributed by atoms with Crippen molar-refractivity contribution in [1.29, 1.82) is 0 Å². The third kappa shape index (κ3) is 5.96. The van der Waals surface area contributed by atoms with E-state index in [1.165, 1.54) is 4.88 Å². The van der Waals surface area contributed by atoms with Crippen molar-refractivity contribution in [2.75, 3.05) is 13.2 Å². The van der Waals surface area contributed by atoms with Crippen molar-refractivity contribution >= 4 is 11.3 Å². The van der Waals surface area contributed by atoms with E-state index in [0.29, 0.717) is 25.8 Å². The number of rotatable bonds is 7. The van der Waals surface area contributed by atoms with Gasteiger partial charge in [0.1, 0.15) is 0 Å². The highest BCUT2D eigenvalue weighted by Gasteiger charge is 2.20. The second-order valence-electron chi connectivity index (χ2n) is 5.74. The minimum atomic E-state index is -0.449. The molecule has 104 valence electrons. The van der Waals surface area contributed by atoms with Crippen LogP contribution in [-0.2, 0) is 11.3 Å². The van der Waals surface area contributed by atoms with Crippen molar-refractivity contribution in [3.63, 3.8) is 0 Å². The molecule has 1 aromatic rings. The molecule has 3 nitrogen and oxygen atoms in total. The van der Waals surface area contributed by atoms with E-state index in [-0.39, 0.29) is 5.41 Å². The number of aliphatic hydroxyl groups excluding tert-OH is 1. The van der Waals surface area contributed by atoms with E-state index >= 15 is 0 Å². The van der Waals surface area contributed by atoms with Crippen molar-refractivity contribution in [2.24, 2.45) is 5.41 Å². The minimum Gasteiger partial charge on any atom is -0.389 e. The lowest BCUT2D eigenvalue weighted by molar-refractivity contribution is 0.0269. The fourth-order valence-electron chi connectivity index (χ4n) is 1.37. The lowest BCUT2D eigenvalue weighted by atomic mass is 9.88. The molecule has 0 aliphatic carbocycles. The Morgan fingerprint density at radius 2 is 2.17 bits per heavy atom. The first kappa shape index (κ1) is 15.6. The highest BCUT2D eigenvalue weighted by molar-refractivity contribution is 7.09. The molecule has 1 aromatic heterocycles. The summed E-state index contributed by atoms with van der Waals surface area (Å²) < 4.78 is 5.48. The summed E-state index contributed by atoms with van der Waals surface area (Å²) >= 11 is 1.67. The van der Waals surface area contributed by atoms with Gasteiger partial charge in [-0.1, -0.05) is 26.8 Å². The zero-order chi connectivity index (χ0) is 13.6. The van der Waals surface area contributed by atoms with Gasteiger partial charge in [-0.15, -0.1) is 11.3 Å². The average molecular weight is 271 g/mol. The van der Waals surface area contributed by atoms with Crippen LogP contribution in [0.1, 0.15) is 32.6 Å². The first-order valence-corrected chi connectivity index (χ1v) is 7.29. The van der Waals surface area contributed by atoms with Crippen LogP contribution in [0.15, 0.2) is 17.5 Å². The van der Waals surface area contributed by atoms with Crippen LogP contribution in [0.2, 0.25) is 0 Å². The quantitative estimate of drug-likeness (QED) is 0.801. The van der Waals surface area contributed by atoms with Crippen LogP contribution in [0.25, 0.3) is 0 Å². The Bertz CT molecular complexity index is 319. The fraction of sp³-hybridized carbons (Fsp3) is 0.714. The summed E-state index contributed by atoms with van der Waals surface area (Å²) in [6, 6.07) is 4.41. The number of nitrogens with one attached hydrogen (secondary N) is 1. The normalized spacial score (nSPS) is 15.6. The van der Waals surface area contributed by atoms with Crippen molar-refractivity contribution in [3.05, 3.63) is 22.4 Å². The molecule has 0 fully saturated rings. The van der Waals surface area contributed by atoms with E-state index in [1.54, 1.807) is 11.3 Å². The maximum Gasteiger partial charge on any atom is 0.0897 e. The number of aliphatic hydroxyl groups is 1. The zero-order valence-corrected chi connectivity index (χ0v) is 12.6. The second kappa shape index (κ2) is 7.24. The molecular weight excluding hydrogens is 246 g/mol. The van der Waals surface area contributed by atoms with E-state index in [9.17, 15) is 5.11 Å². The monoisotopic (exact) mass is 271 g/mol. The van der Waals surface area contributed by atoms with Gasteiger partial charge in [-0.25, -0.2) is 0 Å². The Morgan fingerprint density at radius 3 is 2.72 bits per heavy atom. The Morgan fingerprint density at radius 1 is 1.44 bits per heavy atom. The molecule has 0 saturated carbocycles. The largest absolute Gasteiger partial charge is 0.389 e. The van der Waals surface area contributed by atoms with Crippen molar-refractivity contribution < 1.29 is 9.84 Å². The van der Waals surface area contributed by atoms with Crippen LogP contribution in [0.3, 0.4) is 0 Å². The molecule has 0 radical (unpaired) electrons. The fourth-order valence-corrected chi connectivity index (χ4v) is 2.01. The minimum absolute atomic E-state index is 0.206. The van der Waals surface area contributed by atoms with Crippen molar-refractivity contribution in [1.82, 2.24) is 5.32 Å². The van der Waals surface area contributed by atoms with Crippen LogP contribution >= 0.6 is 11.3 Å². The molecule has 0 spiro atoms. The number of hydrogen-bond acceptors (Lipinski definition) is 4. The van der Waals surface area contributed by atoms with E-state index in [1.807, 2.05) is 17.5 Å². The van der Waals surface area contributed by atoms with Crippen LogP contribution in [-0.4, -0.2) is 30.4 Å². The third-order valence-corrected chi connectivity index (χ3v) is 3.94. The van der Waals surface area contributed by atoms with Crippen LogP contribution in [0.5, 0.6) is 0 Å². The van der Waals surface area contributed by atoms with Gasteiger partial charge < -0.3 is 15.2 Å². The van der Waals surface area contributed by atoms with Gasteiger partial charge in [0, 0.05) is 17.5 Å². The Balaban J connectivity index is 2.12. The average Bonchev–Trinajstić information content (AvgIpc) is 2.77. The third-order valence-electron chi connectivity index (χ3n) is 3.09. The van der Waals surface area contributed by atoms with E-state index in [2.05, 4.69) is 33.0 Å². The first-order chi connectivity index (χ1) is 8.39. The standard InChI is InChI=1S/C14H25NO2S/c1-11(14(2,3)4)15-8-12(16)9-17-10-13-6-5-7-18-13/h5-7,11-12,15-16H,8-10H2,1-4H3. The number of hydrogen-bond donors (Lipinski definition) is 2. The van der Waals surface area contributed by atoms with Gasteiger partial charge in [0.15, 0.2) is 0 Å². The molecule has 2 N–H and O–H groups in total. The molecule has 0 saturated heterocycles. The number of thiophene rings is 1. The van der Waals surface area contributed by atoms with Crippen molar-refractivity contribution in [2.45, 2.75) is 46.4 Å². The van der Waals surface area contributed by atoms with E-state index < -0.39 is 6.10 Å². The summed E-state index contributed by atoms with van der Waals surface area (Å²) in [6.45, 7) is 10.2. The van der Waals surface area contributed by atoms with Crippen LogP contribution in [0.4, 0.5) is 0 Å². The summed E-state index contributed by atoms with van der Waals surface area (Å²) in [6.07, 6.45) is -0.449. The molecule has 4 heteroatoms. The molecule has 2 unspecified atom stereocenters. The molecular formula is C14H25NO2S. The molecule has 0 aromatic carbocycles. The van der Waals surface area contributed by atoms with Crippen molar-refractivity contribution in [3.8, 4) is 0 Å². The van der Waals surface area contributed by atoms with E-state index in [0.717, 1.165) is 0 Å². The Kier molecular flexibility index (Phi) is 6.29. The molecule has 0 amide bonds.